The highest BCUT2D eigenvalue weighted by atomic mass is 16.7. The number of hydrogen-bond acceptors (Lipinski definition) is 13. The molecule has 3 aromatic carbocycles. The maximum absolute atomic E-state index is 13.4. The minimum Gasteiger partial charge on any atom is -0.459 e. The van der Waals surface area contributed by atoms with Crippen LogP contribution in [0.1, 0.15) is 79.0 Å². The van der Waals surface area contributed by atoms with Crippen molar-refractivity contribution in [2.75, 3.05) is 65.4 Å². The number of carbonyl (C=O) groups excluding carboxylic acids is 5. The third-order valence-electron chi connectivity index (χ3n) is 9.63. The fraction of sp³-hybridized carbons (Fsp3) is 0.542. The fourth-order valence-corrected chi connectivity index (χ4v) is 6.71. The van der Waals surface area contributed by atoms with E-state index in [-0.39, 0.29) is 57.1 Å². The third-order valence-corrected chi connectivity index (χ3v) is 9.63. The maximum atomic E-state index is 13.4. The quantitative estimate of drug-likeness (QED) is 0.0954. The molecule has 1 aliphatic heterocycles. The van der Waals surface area contributed by atoms with E-state index in [9.17, 15) is 24.0 Å². The molecule has 1 radical (unpaired) electrons. The molecule has 16 nitrogen and oxygen atoms in total. The molecule has 1 aliphatic rings. The Morgan fingerprint density at radius 2 is 1.19 bits per heavy atom. The summed E-state index contributed by atoms with van der Waals surface area (Å²) in [7, 11) is 0. The van der Waals surface area contributed by atoms with Crippen molar-refractivity contribution in [3.63, 3.8) is 0 Å². The van der Waals surface area contributed by atoms with Crippen molar-refractivity contribution in [2.45, 2.75) is 105 Å². The predicted octanol–water partition coefficient (Wildman–Crippen LogP) is 4.49. The van der Waals surface area contributed by atoms with Gasteiger partial charge in [-0.25, -0.2) is 10.3 Å². The highest BCUT2D eigenvalue weighted by Gasteiger charge is 2.26. The van der Waals surface area contributed by atoms with E-state index in [1.807, 2.05) is 130 Å². The van der Waals surface area contributed by atoms with Gasteiger partial charge in [-0.15, -0.1) is 0 Å². The van der Waals surface area contributed by atoms with Crippen LogP contribution >= 0.6 is 0 Å². The topological polar surface area (TPSA) is 180 Å². The van der Waals surface area contributed by atoms with Crippen LogP contribution < -0.4 is 21.4 Å². The standard InChI is InChI=1S/C48H70N7O9/c1-46(2,3)62-42(57)32-53-22-20-49-21-23-54(33-43(58)63-47(4,5)6)25-27-55(26-24-53)31-41(56)50-30-35-14-16-36(17-15-35)34-61-52-44(59)40(51-45(60)64-48(7,8)9)29-37-18-19-38-12-10-11-13-39(38)28-37/h10-20,28,40,49H,21-27,29-34H2,1-9H3,(H,50,56)(H,51,60)(H,52,59)/t40-/m1/s1. The van der Waals surface area contributed by atoms with Crippen LogP contribution in [-0.4, -0.2) is 133 Å². The largest absolute Gasteiger partial charge is 0.459 e. The van der Waals surface area contributed by atoms with Crippen LogP contribution in [0.5, 0.6) is 0 Å². The zero-order valence-corrected chi connectivity index (χ0v) is 39.2. The second-order valence-electron chi connectivity index (χ2n) is 19.1. The molecule has 3 aromatic rings. The summed E-state index contributed by atoms with van der Waals surface area (Å²) in [6.45, 7) is 22.5. The number of hydroxylamine groups is 1. The molecular weight excluding hydrogens is 819 g/mol. The second-order valence-corrected chi connectivity index (χ2v) is 19.1. The number of esters is 2. The highest BCUT2D eigenvalue weighted by Crippen LogP contribution is 2.18. The zero-order valence-electron chi connectivity index (χ0n) is 39.2. The van der Waals surface area contributed by atoms with Crippen LogP contribution in [0.15, 0.2) is 66.7 Å². The van der Waals surface area contributed by atoms with E-state index in [1.165, 1.54) is 0 Å². The Balaban J connectivity index is 1.32. The summed E-state index contributed by atoms with van der Waals surface area (Å²) in [4.78, 5) is 76.6. The predicted molar refractivity (Wildman–Crippen MR) is 245 cm³/mol. The van der Waals surface area contributed by atoms with Gasteiger partial charge in [-0.1, -0.05) is 66.7 Å². The summed E-state index contributed by atoms with van der Waals surface area (Å²) in [5.41, 5.74) is 3.03. The Hall–Kier alpha value is -5.13. The lowest BCUT2D eigenvalue weighted by molar-refractivity contribution is -0.157. The molecule has 351 valence electrons. The van der Waals surface area contributed by atoms with Gasteiger partial charge < -0.3 is 30.2 Å². The average molecular weight is 889 g/mol. The smallest absolute Gasteiger partial charge is 0.408 e. The van der Waals surface area contributed by atoms with E-state index in [0.717, 1.165) is 27.5 Å². The van der Waals surface area contributed by atoms with Gasteiger partial charge in [0.05, 0.1) is 26.2 Å². The summed E-state index contributed by atoms with van der Waals surface area (Å²) in [6.07, 6.45) is -0.498. The van der Waals surface area contributed by atoms with Gasteiger partial charge in [-0.2, -0.15) is 0 Å². The first kappa shape index (κ1) is 51.5. The third kappa shape index (κ3) is 20.6. The minimum absolute atomic E-state index is 0.0617. The van der Waals surface area contributed by atoms with Gasteiger partial charge in [0, 0.05) is 65.3 Å². The average Bonchev–Trinajstić information content (AvgIpc) is 3.18. The van der Waals surface area contributed by atoms with Gasteiger partial charge in [0.15, 0.2) is 0 Å². The first-order valence-corrected chi connectivity index (χ1v) is 22.0. The lowest BCUT2D eigenvalue weighted by Crippen LogP contribution is -2.49. The molecule has 3 amide bonds. The summed E-state index contributed by atoms with van der Waals surface area (Å²) in [5.74, 6) is -1.34. The number of nitrogens with one attached hydrogen (secondary N) is 4. The lowest BCUT2D eigenvalue weighted by Gasteiger charge is -2.31. The Morgan fingerprint density at radius 3 is 1.81 bits per heavy atom. The van der Waals surface area contributed by atoms with E-state index >= 15 is 0 Å². The Bertz CT molecular complexity index is 1950. The maximum Gasteiger partial charge on any atom is 0.408 e. The van der Waals surface area contributed by atoms with Crippen LogP contribution in [0.4, 0.5) is 4.79 Å². The van der Waals surface area contributed by atoms with Gasteiger partial charge in [0.25, 0.3) is 5.91 Å². The van der Waals surface area contributed by atoms with Crippen LogP contribution in [-0.2, 0) is 57.8 Å². The molecular formula is C48H70N7O9. The number of fused-ring (bicyclic) bond motifs is 1. The molecule has 0 aromatic heterocycles. The summed E-state index contributed by atoms with van der Waals surface area (Å²) >= 11 is 0. The first-order chi connectivity index (χ1) is 30.1. The SMILES string of the molecule is CC(C)(C)OC(=O)CN1C[CH]NCCN(CC(=O)OC(C)(C)C)CCN(CC(=O)NCc2ccc(CONC(=O)[C@@H](Cc3ccc4ccccc4c3)NC(=O)OC(C)(C)C)cc2)CC1. The molecule has 0 saturated carbocycles. The van der Waals surface area contributed by atoms with Crippen molar-refractivity contribution in [1.29, 1.82) is 0 Å². The summed E-state index contributed by atoms with van der Waals surface area (Å²) in [5, 5.41) is 11.1. The van der Waals surface area contributed by atoms with E-state index in [1.54, 1.807) is 20.8 Å². The van der Waals surface area contributed by atoms with Crippen LogP contribution in [0, 0.1) is 6.54 Å². The number of hydrogen-bond donors (Lipinski definition) is 4. The molecule has 64 heavy (non-hydrogen) atoms. The van der Waals surface area contributed by atoms with Gasteiger partial charge in [0.2, 0.25) is 5.91 Å². The molecule has 1 saturated heterocycles. The van der Waals surface area contributed by atoms with Gasteiger partial charge in [0.1, 0.15) is 22.8 Å². The first-order valence-electron chi connectivity index (χ1n) is 22.0. The molecule has 16 heteroatoms. The van der Waals surface area contributed by atoms with Crippen molar-refractivity contribution < 1.29 is 43.0 Å². The molecule has 0 spiro atoms. The molecule has 4 rings (SSSR count). The Kier molecular flexibility index (Phi) is 19.5. The highest BCUT2D eigenvalue weighted by molar-refractivity contribution is 5.86. The van der Waals surface area contributed by atoms with E-state index in [0.29, 0.717) is 45.8 Å². The second kappa shape index (κ2) is 24.2. The van der Waals surface area contributed by atoms with E-state index in [2.05, 4.69) is 21.4 Å². The van der Waals surface area contributed by atoms with Crippen molar-refractivity contribution in [1.82, 2.24) is 36.1 Å². The Morgan fingerprint density at radius 1 is 0.641 bits per heavy atom. The van der Waals surface area contributed by atoms with Gasteiger partial charge in [-0.05, 0) is 89.8 Å². The number of ether oxygens (including phenoxy) is 3. The van der Waals surface area contributed by atoms with Gasteiger partial charge >= 0.3 is 18.0 Å². The van der Waals surface area contributed by atoms with Crippen molar-refractivity contribution in [3.8, 4) is 0 Å². The van der Waals surface area contributed by atoms with Crippen molar-refractivity contribution in [3.05, 3.63) is 90.0 Å². The number of rotatable bonds is 15. The molecule has 1 fully saturated rings. The Labute approximate surface area is 379 Å². The van der Waals surface area contributed by atoms with Crippen molar-refractivity contribution in [2.24, 2.45) is 0 Å². The van der Waals surface area contributed by atoms with E-state index in [4.69, 9.17) is 19.0 Å². The number of carbonyl (C=O) groups is 5. The molecule has 4 N–H and O–H groups in total. The van der Waals surface area contributed by atoms with Crippen LogP contribution in [0.25, 0.3) is 10.8 Å². The zero-order chi connectivity index (χ0) is 46.9. The molecule has 1 heterocycles. The van der Waals surface area contributed by atoms with Crippen molar-refractivity contribution >= 4 is 40.6 Å². The lowest BCUT2D eigenvalue weighted by atomic mass is 10.0. The monoisotopic (exact) mass is 889 g/mol. The van der Waals surface area contributed by atoms with Crippen LogP contribution in [0.3, 0.4) is 0 Å². The fourth-order valence-electron chi connectivity index (χ4n) is 6.71. The number of amides is 3. The molecule has 0 bridgehead atoms. The number of nitrogens with zero attached hydrogens (tertiary/aromatic N) is 3. The van der Waals surface area contributed by atoms with Gasteiger partial charge in [-0.3, -0.25) is 38.7 Å². The number of benzene rings is 3. The molecule has 0 aliphatic carbocycles. The van der Waals surface area contributed by atoms with Crippen LogP contribution in [0.2, 0.25) is 0 Å². The van der Waals surface area contributed by atoms with E-state index < -0.39 is 34.8 Å². The molecule has 0 unspecified atom stereocenters. The molecule has 1 atom stereocenters. The normalized spacial score (nSPS) is 15.8. The summed E-state index contributed by atoms with van der Waals surface area (Å²) in [6, 6.07) is 20.3. The minimum atomic E-state index is -0.966. The number of alkyl carbamates (subject to hydrolysis) is 1. The summed E-state index contributed by atoms with van der Waals surface area (Å²) < 4.78 is 16.6.